The Bertz CT molecular complexity index is 178. The molecule has 0 aliphatic carbocycles. The van der Waals surface area contributed by atoms with Crippen molar-refractivity contribution in [3.63, 3.8) is 0 Å². The van der Waals surface area contributed by atoms with Gasteiger partial charge in [-0.05, 0) is 33.0 Å². The van der Waals surface area contributed by atoms with Gasteiger partial charge in [0.15, 0.2) is 0 Å². The summed E-state index contributed by atoms with van der Waals surface area (Å²) in [5.41, 5.74) is 0. The molecule has 1 aliphatic rings. The predicted molar refractivity (Wildman–Crippen MR) is 57.2 cm³/mol. The summed E-state index contributed by atoms with van der Waals surface area (Å²) in [5.74, 6) is 0.159. The summed E-state index contributed by atoms with van der Waals surface area (Å²) in [6.45, 7) is 5.79. The van der Waals surface area contributed by atoms with Crippen LogP contribution in [0.1, 0.15) is 19.8 Å². The summed E-state index contributed by atoms with van der Waals surface area (Å²) in [6, 6.07) is 0.0573. The van der Waals surface area contributed by atoms with E-state index in [0.717, 1.165) is 39.0 Å². The van der Waals surface area contributed by atoms with E-state index in [-0.39, 0.29) is 11.9 Å². The average Bonchev–Trinajstić information content (AvgIpc) is 2.70. The van der Waals surface area contributed by atoms with Crippen LogP contribution in [0.5, 0.6) is 0 Å². The van der Waals surface area contributed by atoms with Gasteiger partial charge in [0.05, 0.1) is 6.04 Å². The first kappa shape index (κ1) is 11.5. The second kappa shape index (κ2) is 5.98. The molecule has 0 radical (unpaired) electrons. The number of amides is 1. The largest absolute Gasteiger partial charge is 0.353 e. The monoisotopic (exact) mass is 199 g/mol. The van der Waals surface area contributed by atoms with Gasteiger partial charge in [-0.25, -0.2) is 0 Å². The van der Waals surface area contributed by atoms with Crippen molar-refractivity contribution in [2.24, 2.45) is 0 Å². The van der Waals surface area contributed by atoms with Crippen LogP contribution in [-0.2, 0) is 4.79 Å². The van der Waals surface area contributed by atoms with Crippen LogP contribution < -0.4 is 10.6 Å². The Morgan fingerprint density at radius 1 is 1.64 bits per heavy atom. The van der Waals surface area contributed by atoms with E-state index < -0.39 is 0 Å². The quantitative estimate of drug-likeness (QED) is 0.645. The van der Waals surface area contributed by atoms with Crippen molar-refractivity contribution in [3.05, 3.63) is 0 Å². The topological polar surface area (TPSA) is 44.4 Å². The van der Waals surface area contributed by atoms with E-state index in [1.165, 1.54) is 0 Å². The van der Waals surface area contributed by atoms with Gasteiger partial charge in [0.1, 0.15) is 0 Å². The Kier molecular flexibility index (Phi) is 4.90. The van der Waals surface area contributed by atoms with Crippen LogP contribution in [0.2, 0.25) is 0 Å². The van der Waals surface area contributed by atoms with Crippen LogP contribution in [0.3, 0.4) is 0 Å². The maximum absolute atomic E-state index is 11.5. The molecule has 0 bridgehead atoms. The highest BCUT2D eigenvalue weighted by Gasteiger charge is 2.21. The van der Waals surface area contributed by atoms with Crippen LogP contribution >= 0.6 is 0 Å². The first-order chi connectivity index (χ1) is 6.74. The zero-order valence-corrected chi connectivity index (χ0v) is 9.18. The number of carbonyl (C=O) groups is 1. The molecule has 1 aliphatic heterocycles. The van der Waals surface area contributed by atoms with Gasteiger partial charge in [-0.15, -0.1) is 0 Å². The third-order valence-electron chi connectivity index (χ3n) is 2.71. The normalized spacial score (nSPS) is 21.5. The lowest BCUT2D eigenvalue weighted by molar-refractivity contribution is -0.122. The van der Waals surface area contributed by atoms with Crippen molar-refractivity contribution >= 4 is 5.91 Å². The van der Waals surface area contributed by atoms with E-state index in [1.54, 1.807) is 0 Å². The van der Waals surface area contributed by atoms with Crippen molar-refractivity contribution in [2.75, 3.05) is 33.2 Å². The van der Waals surface area contributed by atoms with Gasteiger partial charge in [-0.1, -0.05) is 6.92 Å². The average molecular weight is 199 g/mol. The highest BCUT2D eigenvalue weighted by molar-refractivity contribution is 5.81. The molecule has 1 saturated heterocycles. The van der Waals surface area contributed by atoms with E-state index in [2.05, 4.69) is 29.5 Å². The van der Waals surface area contributed by atoms with E-state index in [4.69, 9.17) is 0 Å². The minimum atomic E-state index is 0.0573. The van der Waals surface area contributed by atoms with Gasteiger partial charge in [-0.3, -0.25) is 4.79 Å². The zero-order chi connectivity index (χ0) is 10.4. The molecular weight excluding hydrogens is 178 g/mol. The van der Waals surface area contributed by atoms with Gasteiger partial charge < -0.3 is 15.5 Å². The Morgan fingerprint density at radius 3 is 3.00 bits per heavy atom. The molecule has 0 spiro atoms. The lowest BCUT2D eigenvalue weighted by atomic mass is 10.2. The third kappa shape index (κ3) is 3.64. The van der Waals surface area contributed by atoms with E-state index in [9.17, 15) is 4.79 Å². The predicted octanol–water partition coefficient (Wildman–Crippen LogP) is -0.194. The molecule has 1 atom stereocenters. The molecule has 2 N–H and O–H groups in total. The summed E-state index contributed by atoms with van der Waals surface area (Å²) in [6.07, 6.45) is 2.10. The van der Waals surface area contributed by atoms with Crippen LogP contribution in [-0.4, -0.2) is 50.1 Å². The molecule has 0 aromatic carbocycles. The maximum atomic E-state index is 11.5. The number of likely N-dealkylation sites (N-methyl/N-ethyl adjacent to an activating group) is 1. The van der Waals surface area contributed by atoms with Gasteiger partial charge in [0.2, 0.25) is 5.91 Å². The molecule has 4 heteroatoms. The lowest BCUT2D eigenvalue weighted by Crippen LogP contribution is -2.42. The van der Waals surface area contributed by atoms with Crippen molar-refractivity contribution in [1.82, 2.24) is 15.5 Å². The first-order valence-corrected chi connectivity index (χ1v) is 5.43. The first-order valence-electron chi connectivity index (χ1n) is 5.43. The highest BCUT2D eigenvalue weighted by atomic mass is 16.2. The molecule has 0 aromatic rings. The molecular formula is C10H21N3O. The highest BCUT2D eigenvalue weighted by Crippen LogP contribution is 2.03. The molecule has 4 nitrogen and oxygen atoms in total. The molecule has 1 rings (SSSR count). The standard InChI is InChI=1S/C10H21N3O/c1-3-13(2)8-7-12-10(14)9-5-4-6-11-9/h9,11H,3-8H2,1-2H3,(H,12,14). The van der Waals surface area contributed by atoms with Gasteiger partial charge >= 0.3 is 0 Å². The number of nitrogens with one attached hydrogen (secondary N) is 2. The van der Waals surface area contributed by atoms with Crippen LogP contribution in [0.25, 0.3) is 0 Å². The summed E-state index contributed by atoms with van der Waals surface area (Å²) >= 11 is 0. The Balaban J connectivity index is 2.08. The molecule has 1 unspecified atom stereocenters. The minimum absolute atomic E-state index is 0.0573. The fourth-order valence-corrected chi connectivity index (χ4v) is 1.56. The summed E-state index contributed by atoms with van der Waals surface area (Å²) in [7, 11) is 2.06. The number of hydrogen-bond donors (Lipinski definition) is 2. The second-order valence-electron chi connectivity index (χ2n) is 3.84. The Morgan fingerprint density at radius 2 is 2.43 bits per heavy atom. The number of rotatable bonds is 5. The SMILES string of the molecule is CCN(C)CCNC(=O)C1CCCN1. The Hall–Kier alpha value is -0.610. The van der Waals surface area contributed by atoms with Gasteiger partial charge in [0, 0.05) is 13.1 Å². The van der Waals surface area contributed by atoms with Crippen LogP contribution in [0, 0.1) is 0 Å². The van der Waals surface area contributed by atoms with Crippen LogP contribution in [0.15, 0.2) is 0 Å². The zero-order valence-electron chi connectivity index (χ0n) is 9.18. The van der Waals surface area contributed by atoms with Crippen molar-refractivity contribution in [3.8, 4) is 0 Å². The maximum Gasteiger partial charge on any atom is 0.237 e. The molecule has 0 saturated carbocycles. The Labute approximate surface area is 86.0 Å². The number of hydrogen-bond acceptors (Lipinski definition) is 3. The fraction of sp³-hybridized carbons (Fsp3) is 0.900. The van der Waals surface area contributed by atoms with Crippen molar-refractivity contribution < 1.29 is 4.79 Å². The van der Waals surface area contributed by atoms with E-state index >= 15 is 0 Å². The minimum Gasteiger partial charge on any atom is -0.353 e. The molecule has 0 aromatic heterocycles. The lowest BCUT2D eigenvalue weighted by Gasteiger charge is -2.15. The van der Waals surface area contributed by atoms with E-state index in [0.29, 0.717) is 0 Å². The molecule has 1 heterocycles. The van der Waals surface area contributed by atoms with E-state index in [1.807, 2.05) is 0 Å². The molecule has 1 amide bonds. The molecule has 1 fully saturated rings. The van der Waals surface area contributed by atoms with Gasteiger partial charge in [-0.2, -0.15) is 0 Å². The molecule has 82 valence electrons. The van der Waals surface area contributed by atoms with Crippen LogP contribution in [0.4, 0.5) is 0 Å². The van der Waals surface area contributed by atoms with Gasteiger partial charge in [0.25, 0.3) is 0 Å². The molecule has 14 heavy (non-hydrogen) atoms. The summed E-state index contributed by atoms with van der Waals surface area (Å²) < 4.78 is 0. The number of nitrogens with zero attached hydrogens (tertiary/aromatic N) is 1. The van der Waals surface area contributed by atoms with Crippen molar-refractivity contribution in [1.29, 1.82) is 0 Å². The smallest absolute Gasteiger partial charge is 0.237 e. The fourth-order valence-electron chi connectivity index (χ4n) is 1.56. The summed E-state index contributed by atoms with van der Waals surface area (Å²) in [5, 5.41) is 6.13. The summed E-state index contributed by atoms with van der Waals surface area (Å²) in [4.78, 5) is 13.7. The number of carbonyl (C=O) groups excluding carboxylic acids is 1. The second-order valence-corrected chi connectivity index (χ2v) is 3.84. The van der Waals surface area contributed by atoms with Crippen molar-refractivity contribution in [2.45, 2.75) is 25.8 Å². The third-order valence-corrected chi connectivity index (χ3v) is 2.71.